The van der Waals surface area contributed by atoms with Crippen molar-refractivity contribution in [3.05, 3.63) is 35.1 Å². The van der Waals surface area contributed by atoms with E-state index in [9.17, 15) is 30.7 Å². The van der Waals surface area contributed by atoms with Gasteiger partial charge < -0.3 is 5.73 Å². The Bertz CT molecular complexity index is 412. The lowest BCUT2D eigenvalue weighted by molar-refractivity contribution is -0.155. The number of hydrogen-bond acceptors (Lipinski definition) is 1. The third kappa shape index (κ3) is 3.74. The zero-order valence-corrected chi connectivity index (χ0v) is 9.26. The molecular weight excluding hydrogens is 291 g/mol. The van der Waals surface area contributed by atoms with Crippen LogP contribution in [0.1, 0.15) is 17.2 Å². The van der Waals surface area contributed by atoms with Crippen LogP contribution in [-0.4, -0.2) is 6.18 Å². The van der Waals surface area contributed by atoms with Crippen molar-refractivity contribution in [2.45, 2.75) is 18.4 Å². The first-order valence-electron chi connectivity index (χ1n) is 4.22. The topological polar surface area (TPSA) is 26.0 Å². The molecule has 0 unspecified atom stereocenters. The Labute approximate surface area is 103 Å². The summed E-state index contributed by atoms with van der Waals surface area (Å²) in [6, 6.07) is -2.08. The summed E-state index contributed by atoms with van der Waals surface area (Å²) < 4.78 is 86.5. The third-order valence-corrected chi connectivity index (χ3v) is 2.01. The molecule has 1 aromatic carbocycles. The fraction of sp³-hybridized carbons (Fsp3) is 0.333. The standard InChI is InChI=1S/C9H6F7N.ClH/c10-4-1-2-6(8(11,12)13)5(3-4)7(17)9(14,15)16;/h1-3,7H,17H2;1H/t7-;/m0./s1. The quantitative estimate of drug-likeness (QED) is 0.783. The summed E-state index contributed by atoms with van der Waals surface area (Å²) in [4.78, 5) is 0. The second kappa shape index (κ2) is 5.31. The van der Waals surface area contributed by atoms with Gasteiger partial charge in [0.25, 0.3) is 0 Å². The number of benzene rings is 1. The van der Waals surface area contributed by atoms with Gasteiger partial charge in [0.2, 0.25) is 0 Å². The largest absolute Gasteiger partial charge is 0.416 e. The summed E-state index contributed by atoms with van der Waals surface area (Å²) >= 11 is 0. The van der Waals surface area contributed by atoms with Crippen molar-refractivity contribution in [1.29, 1.82) is 0 Å². The molecule has 18 heavy (non-hydrogen) atoms. The van der Waals surface area contributed by atoms with Gasteiger partial charge in [-0.25, -0.2) is 4.39 Å². The summed E-state index contributed by atoms with van der Waals surface area (Å²) in [5.74, 6) is -1.22. The van der Waals surface area contributed by atoms with Crippen LogP contribution in [0.4, 0.5) is 30.7 Å². The van der Waals surface area contributed by atoms with Gasteiger partial charge in [0.1, 0.15) is 11.9 Å². The lowest BCUT2D eigenvalue weighted by atomic mass is 10.00. The SMILES string of the molecule is Cl.N[C@@H](c1cc(F)ccc1C(F)(F)F)C(F)(F)F. The van der Waals surface area contributed by atoms with Crippen LogP contribution >= 0.6 is 12.4 Å². The number of hydrogen-bond donors (Lipinski definition) is 1. The normalized spacial score (nSPS) is 14.0. The van der Waals surface area contributed by atoms with E-state index in [4.69, 9.17) is 0 Å². The van der Waals surface area contributed by atoms with Gasteiger partial charge >= 0.3 is 12.4 Å². The van der Waals surface area contributed by atoms with Crippen LogP contribution in [0.25, 0.3) is 0 Å². The molecule has 1 nitrogen and oxygen atoms in total. The molecule has 0 saturated carbocycles. The van der Waals surface area contributed by atoms with Crippen molar-refractivity contribution >= 4 is 12.4 Å². The molecule has 0 radical (unpaired) electrons. The summed E-state index contributed by atoms with van der Waals surface area (Å²) in [5.41, 5.74) is 1.72. The highest BCUT2D eigenvalue weighted by atomic mass is 35.5. The predicted octanol–water partition coefficient (Wildman–Crippen LogP) is 3.83. The van der Waals surface area contributed by atoms with E-state index in [0.29, 0.717) is 6.07 Å². The van der Waals surface area contributed by atoms with Crippen LogP contribution in [0.15, 0.2) is 18.2 Å². The molecular formula is C9H7ClF7N. The molecule has 9 heteroatoms. The summed E-state index contributed by atoms with van der Waals surface area (Å²) in [5, 5.41) is 0. The van der Waals surface area contributed by atoms with Gasteiger partial charge in [-0.05, 0) is 23.8 Å². The first kappa shape index (κ1) is 17.0. The molecule has 0 aromatic heterocycles. The Morgan fingerprint density at radius 2 is 1.50 bits per heavy atom. The molecule has 104 valence electrons. The van der Waals surface area contributed by atoms with E-state index in [2.05, 4.69) is 5.73 Å². The minimum absolute atomic E-state index is 0. The van der Waals surface area contributed by atoms with Crippen LogP contribution in [0, 0.1) is 5.82 Å². The highest BCUT2D eigenvalue weighted by molar-refractivity contribution is 5.85. The molecule has 0 amide bonds. The van der Waals surface area contributed by atoms with Crippen LogP contribution in [0.3, 0.4) is 0 Å². The fourth-order valence-corrected chi connectivity index (χ4v) is 1.23. The monoisotopic (exact) mass is 297 g/mol. The first-order valence-corrected chi connectivity index (χ1v) is 4.22. The lowest BCUT2D eigenvalue weighted by Gasteiger charge is -2.20. The number of alkyl halides is 6. The van der Waals surface area contributed by atoms with Gasteiger partial charge in [0.05, 0.1) is 5.56 Å². The maximum Gasteiger partial charge on any atom is 0.416 e. The molecule has 0 bridgehead atoms. The Morgan fingerprint density at radius 3 is 1.89 bits per heavy atom. The number of halogens is 8. The molecule has 0 aliphatic carbocycles. The smallest absolute Gasteiger partial charge is 0.316 e. The van der Waals surface area contributed by atoms with E-state index in [0.717, 1.165) is 0 Å². The zero-order valence-electron chi connectivity index (χ0n) is 8.44. The van der Waals surface area contributed by atoms with Crippen molar-refractivity contribution in [2.24, 2.45) is 5.73 Å². The van der Waals surface area contributed by atoms with E-state index < -0.39 is 35.3 Å². The number of nitrogens with two attached hydrogens (primary N) is 1. The summed E-state index contributed by atoms with van der Waals surface area (Å²) in [6.07, 6.45) is -10.1. The van der Waals surface area contributed by atoms with Crippen LogP contribution < -0.4 is 5.73 Å². The molecule has 0 spiro atoms. The van der Waals surface area contributed by atoms with Gasteiger partial charge in [-0.15, -0.1) is 12.4 Å². The Hall–Kier alpha value is -1.02. The van der Waals surface area contributed by atoms with Crippen molar-refractivity contribution < 1.29 is 30.7 Å². The molecule has 0 fully saturated rings. The Kier molecular flexibility index (Phi) is 5.01. The molecule has 2 N–H and O–H groups in total. The second-order valence-electron chi connectivity index (χ2n) is 3.25. The molecule has 0 aliphatic rings. The molecule has 0 heterocycles. The van der Waals surface area contributed by atoms with Crippen molar-refractivity contribution in [3.63, 3.8) is 0 Å². The van der Waals surface area contributed by atoms with Crippen LogP contribution in [-0.2, 0) is 6.18 Å². The van der Waals surface area contributed by atoms with E-state index in [-0.39, 0.29) is 24.5 Å². The highest BCUT2D eigenvalue weighted by Crippen LogP contribution is 2.39. The molecule has 0 aliphatic heterocycles. The van der Waals surface area contributed by atoms with Gasteiger partial charge in [-0.2, -0.15) is 26.3 Å². The van der Waals surface area contributed by atoms with Crippen molar-refractivity contribution in [1.82, 2.24) is 0 Å². The van der Waals surface area contributed by atoms with Crippen molar-refractivity contribution in [3.8, 4) is 0 Å². The Balaban J connectivity index is 0.00000289. The predicted molar refractivity (Wildman–Crippen MR) is 51.6 cm³/mol. The Morgan fingerprint density at radius 1 is 1.00 bits per heavy atom. The van der Waals surface area contributed by atoms with Crippen LogP contribution in [0.5, 0.6) is 0 Å². The minimum atomic E-state index is -5.08. The fourth-order valence-electron chi connectivity index (χ4n) is 1.23. The molecule has 1 atom stereocenters. The van der Waals surface area contributed by atoms with E-state index in [1.165, 1.54) is 0 Å². The second-order valence-corrected chi connectivity index (χ2v) is 3.25. The zero-order chi connectivity index (χ0) is 13.4. The summed E-state index contributed by atoms with van der Waals surface area (Å²) in [7, 11) is 0. The maximum absolute atomic E-state index is 12.7. The molecule has 0 saturated heterocycles. The van der Waals surface area contributed by atoms with Gasteiger partial charge in [-0.1, -0.05) is 0 Å². The van der Waals surface area contributed by atoms with Gasteiger partial charge in [0, 0.05) is 0 Å². The molecule has 1 aromatic rings. The molecule has 1 rings (SSSR count). The maximum atomic E-state index is 12.7. The van der Waals surface area contributed by atoms with Gasteiger partial charge in [-0.3, -0.25) is 0 Å². The average molecular weight is 298 g/mol. The van der Waals surface area contributed by atoms with Crippen LogP contribution in [0.2, 0.25) is 0 Å². The van der Waals surface area contributed by atoms with E-state index in [1.54, 1.807) is 0 Å². The average Bonchev–Trinajstić information content (AvgIpc) is 2.13. The van der Waals surface area contributed by atoms with E-state index in [1.807, 2.05) is 0 Å². The first-order chi connectivity index (χ1) is 7.53. The lowest BCUT2D eigenvalue weighted by Crippen LogP contribution is -2.30. The highest BCUT2D eigenvalue weighted by Gasteiger charge is 2.43. The summed E-state index contributed by atoms with van der Waals surface area (Å²) in [6.45, 7) is 0. The minimum Gasteiger partial charge on any atom is -0.316 e. The van der Waals surface area contributed by atoms with Crippen molar-refractivity contribution in [2.75, 3.05) is 0 Å². The van der Waals surface area contributed by atoms with Gasteiger partial charge in [0.15, 0.2) is 0 Å². The third-order valence-electron chi connectivity index (χ3n) is 2.01. The van der Waals surface area contributed by atoms with E-state index >= 15 is 0 Å². The number of rotatable bonds is 1.